The van der Waals surface area contributed by atoms with Crippen molar-refractivity contribution >= 4 is 27.5 Å². The summed E-state index contributed by atoms with van der Waals surface area (Å²) in [5, 5.41) is 0.370. The molecule has 0 aromatic heterocycles. The molecule has 0 N–H and O–H groups in total. The van der Waals surface area contributed by atoms with E-state index >= 15 is 0 Å². The highest BCUT2D eigenvalue weighted by molar-refractivity contribution is 9.09. The standard InChI is InChI=1S/C16H15BrClFO2/c1-9-5-4-6-10(15(9)19)13(17)11-7-8-12(20-2)14(18)16(11)21-3/h4-8,13H,1-3H3. The Morgan fingerprint density at radius 2 is 1.81 bits per heavy atom. The van der Waals surface area contributed by atoms with Gasteiger partial charge in [0.25, 0.3) is 0 Å². The van der Waals surface area contributed by atoms with Crippen molar-refractivity contribution in [1.29, 1.82) is 0 Å². The third-order valence-corrected chi connectivity index (χ3v) is 4.63. The molecular weight excluding hydrogens is 359 g/mol. The van der Waals surface area contributed by atoms with Gasteiger partial charge in [-0.3, -0.25) is 0 Å². The van der Waals surface area contributed by atoms with Gasteiger partial charge in [-0.05, 0) is 18.6 Å². The molecule has 0 heterocycles. The molecule has 2 aromatic carbocycles. The number of hydrogen-bond acceptors (Lipinski definition) is 2. The second-order valence-electron chi connectivity index (χ2n) is 4.54. The van der Waals surface area contributed by atoms with E-state index in [9.17, 15) is 4.39 Å². The van der Waals surface area contributed by atoms with Crippen LogP contribution in [-0.4, -0.2) is 14.2 Å². The summed E-state index contributed by atoms with van der Waals surface area (Å²) in [5.74, 6) is 0.744. The minimum absolute atomic E-state index is 0.242. The van der Waals surface area contributed by atoms with Crippen LogP contribution in [0.3, 0.4) is 0 Å². The Labute approximate surface area is 137 Å². The van der Waals surface area contributed by atoms with Crippen molar-refractivity contribution in [3.8, 4) is 11.5 Å². The summed E-state index contributed by atoms with van der Waals surface area (Å²) in [4.78, 5) is -0.365. The van der Waals surface area contributed by atoms with Gasteiger partial charge in [-0.25, -0.2) is 4.39 Å². The summed E-state index contributed by atoms with van der Waals surface area (Å²) in [6.45, 7) is 1.73. The van der Waals surface area contributed by atoms with Crippen LogP contribution in [-0.2, 0) is 0 Å². The zero-order chi connectivity index (χ0) is 15.6. The van der Waals surface area contributed by atoms with Crippen molar-refractivity contribution in [3.63, 3.8) is 0 Å². The molecule has 2 aromatic rings. The molecule has 2 rings (SSSR count). The lowest BCUT2D eigenvalue weighted by Crippen LogP contribution is -2.02. The molecule has 0 aliphatic carbocycles. The molecule has 0 spiro atoms. The van der Waals surface area contributed by atoms with Gasteiger partial charge >= 0.3 is 0 Å². The smallest absolute Gasteiger partial charge is 0.145 e. The van der Waals surface area contributed by atoms with E-state index in [2.05, 4.69) is 15.9 Å². The fraction of sp³-hybridized carbons (Fsp3) is 0.250. The molecule has 0 fully saturated rings. The van der Waals surface area contributed by atoms with Crippen LogP contribution in [0.2, 0.25) is 5.02 Å². The average molecular weight is 374 g/mol. The normalized spacial score (nSPS) is 12.1. The maximum absolute atomic E-state index is 14.3. The fourth-order valence-corrected chi connectivity index (χ4v) is 3.19. The summed E-state index contributed by atoms with van der Waals surface area (Å²) >= 11 is 9.78. The molecule has 0 aliphatic rings. The quantitative estimate of drug-likeness (QED) is 0.678. The predicted octanol–water partition coefficient (Wildman–Crippen LogP) is 5.29. The highest BCUT2D eigenvalue weighted by Crippen LogP contribution is 2.44. The van der Waals surface area contributed by atoms with Gasteiger partial charge in [0.1, 0.15) is 22.3 Å². The molecule has 1 unspecified atom stereocenters. The van der Waals surface area contributed by atoms with Crippen LogP contribution in [0.4, 0.5) is 4.39 Å². The van der Waals surface area contributed by atoms with Gasteiger partial charge in [0.15, 0.2) is 0 Å². The number of hydrogen-bond donors (Lipinski definition) is 0. The lowest BCUT2D eigenvalue weighted by Gasteiger charge is -2.18. The number of alkyl halides is 1. The van der Waals surface area contributed by atoms with Crippen LogP contribution in [0.25, 0.3) is 0 Å². The molecule has 0 aliphatic heterocycles. The van der Waals surface area contributed by atoms with Crippen molar-refractivity contribution in [2.24, 2.45) is 0 Å². The van der Waals surface area contributed by atoms with Gasteiger partial charge in [0.05, 0.1) is 19.0 Å². The van der Waals surface area contributed by atoms with Crippen LogP contribution in [0.5, 0.6) is 11.5 Å². The van der Waals surface area contributed by atoms with Crippen molar-refractivity contribution in [1.82, 2.24) is 0 Å². The lowest BCUT2D eigenvalue weighted by atomic mass is 10.0. The first-order valence-electron chi connectivity index (χ1n) is 6.30. The Morgan fingerprint density at radius 3 is 2.43 bits per heavy atom. The van der Waals surface area contributed by atoms with Gasteiger partial charge in [-0.1, -0.05) is 51.8 Å². The van der Waals surface area contributed by atoms with E-state index in [0.717, 1.165) is 5.56 Å². The summed E-state index contributed by atoms with van der Waals surface area (Å²) in [6, 6.07) is 8.84. The van der Waals surface area contributed by atoms with E-state index in [1.807, 2.05) is 12.1 Å². The highest BCUT2D eigenvalue weighted by Gasteiger charge is 2.22. The number of ether oxygens (including phenoxy) is 2. The van der Waals surface area contributed by atoms with Gasteiger partial charge in [-0.2, -0.15) is 0 Å². The van der Waals surface area contributed by atoms with E-state index in [-0.39, 0.29) is 10.6 Å². The van der Waals surface area contributed by atoms with Crippen molar-refractivity contribution < 1.29 is 13.9 Å². The second-order valence-corrected chi connectivity index (χ2v) is 5.84. The molecule has 0 radical (unpaired) electrons. The van der Waals surface area contributed by atoms with Gasteiger partial charge < -0.3 is 9.47 Å². The topological polar surface area (TPSA) is 18.5 Å². The fourth-order valence-electron chi connectivity index (χ4n) is 2.15. The lowest BCUT2D eigenvalue weighted by molar-refractivity contribution is 0.392. The molecule has 112 valence electrons. The zero-order valence-corrected chi connectivity index (χ0v) is 14.3. The largest absolute Gasteiger partial charge is 0.495 e. The van der Waals surface area contributed by atoms with E-state index in [1.165, 1.54) is 14.2 Å². The maximum atomic E-state index is 14.3. The number of benzene rings is 2. The van der Waals surface area contributed by atoms with E-state index in [1.54, 1.807) is 25.1 Å². The maximum Gasteiger partial charge on any atom is 0.145 e. The summed E-state index contributed by atoms with van der Waals surface area (Å²) in [5.41, 5.74) is 1.87. The minimum Gasteiger partial charge on any atom is -0.495 e. The average Bonchev–Trinajstić information content (AvgIpc) is 2.49. The Bertz CT molecular complexity index is 661. The van der Waals surface area contributed by atoms with Crippen LogP contribution >= 0.6 is 27.5 Å². The first-order chi connectivity index (χ1) is 10.0. The third kappa shape index (κ3) is 3.01. The molecule has 0 saturated carbocycles. The number of halogens is 3. The third-order valence-electron chi connectivity index (χ3n) is 3.28. The van der Waals surface area contributed by atoms with E-state index in [4.69, 9.17) is 21.1 Å². The second kappa shape index (κ2) is 6.67. The number of methoxy groups -OCH3 is 2. The van der Waals surface area contributed by atoms with Crippen LogP contribution in [0.1, 0.15) is 21.5 Å². The van der Waals surface area contributed by atoms with Crippen LogP contribution in [0.15, 0.2) is 30.3 Å². The monoisotopic (exact) mass is 372 g/mol. The number of aryl methyl sites for hydroxylation is 1. The number of rotatable bonds is 4. The minimum atomic E-state index is -0.365. The van der Waals surface area contributed by atoms with Crippen molar-refractivity contribution in [3.05, 3.63) is 57.9 Å². The summed E-state index contributed by atoms with van der Waals surface area (Å²) in [6.07, 6.45) is 0. The van der Waals surface area contributed by atoms with Crippen LogP contribution < -0.4 is 9.47 Å². The van der Waals surface area contributed by atoms with Crippen molar-refractivity contribution in [2.45, 2.75) is 11.8 Å². The predicted molar refractivity (Wildman–Crippen MR) is 86.5 cm³/mol. The molecule has 0 bridgehead atoms. The Morgan fingerprint density at radius 1 is 1.10 bits per heavy atom. The molecular formula is C16H15BrClFO2. The Hall–Kier alpha value is -1.26. The van der Waals surface area contributed by atoms with Gasteiger partial charge in [-0.15, -0.1) is 0 Å². The Kier molecular flexibility index (Phi) is 5.12. The molecule has 2 nitrogen and oxygen atoms in total. The highest BCUT2D eigenvalue weighted by atomic mass is 79.9. The van der Waals surface area contributed by atoms with Crippen molar-refractivity contribution in [2.75, 3.05) is 14.2 Å². The molecule has 1 atom stereocenters. The zero-order valence-electron chi connectivity index (χ0n) is 11.9. The SMILES string of the molecule is COc1ccc(C(Br)c2cccc(C)c2F)c(OC)c1Cl. The first-order valence-corrected chi connectivity index (χ1v) is 7.60. The van der Waals surface area contributed by atoms with Crippen LogP contribution in [0, 0.1) is 12.7 Å². The van der Waals surface area contributed by atoms with Gasteiger partial charge in [0, 0.05) is 11.1 Å². The molecule has 5 heteroatoms. The summed E-state index contributed by atoms with van der Waals surface area (Å²) < 4.78 is 24.8. The van der Waals surface area contributed by atoms with E-state index in [0.29, 0.717) is 27.6 Å². The molecule has 21 heavy (non-hydrogen) atoms. The first kappa shape index (κ1) is 16.1. The molecule has 0 amide bonds. The molecule has 0 saturated heterocycles. The summed E-state index contributed by atoms with van der Waals surface area (Å²) in [7, 11) is 3.06. The Balaban J connectivity index is 2.56. The van der Waals surface area contributed by atoms with E-state index < -0.39 is 0 Å². The van der Waals surface area contributed by atoms with Gasteiger partial charge in [0.2, 0.25) is 0 Å².